The van der Waals surface area contributed by atoms with Gasteiger partial charge in [0.05, 0.1) is 11.3 Å². The summed E-state index contributed by atoms with van der Waals surface area (Å²) in [7, 11) is 0. The maximum absolute atomic E-state index is 12.4. The number of rotatable bonds is 4. The molecule has 2 aromatic heterocycles. The molecule has 5 nitrogen and oxygen atoms in total. The van der Waals surface area contributed by atoms with E-state index in [9.17, 15) is 4.79 Å². The lowest BCUT2D eigenvalue weighted by Crippen LogP contribution is -2.15. The first kappa shape index (κ1) is 17.5. The van der Waals surface area contributed by atoms with Crippen molar-refractivity contribution in [3.05, 3.63) is 59.4 Å². The molecule has 6 heteroatoms. The lowest BCUT2D eigenvalue weighted by Gasteiger charge is -2.10. The standard InChI is InChI=1S/C21H20N4OS/c1-12-7-8-17-15(9-12)19-20(25-17)21(23-11-22-19)27-10-18(26)24-16-6-4-5-13(2)14(16)3/h4-9,11,25H,10H2,1-3H3,(H,24,26). The molecule has 0 atom stereocenters. The van der Waals surface area contributed by atoms with E-state index >= 15 is 0 Å². The number of aromatic nitrogens is 3. The number of hydrogen-bond donors (Lipinski definition) is 2. The number of anilines is 1. The van der Waals surface area contributed by atoms with Gasteiger partial charge in [-0.25, -0.2) is 9.97 Å². The SMILES string of the molecule is Cc1ccc2[nH]c3c(SCC(=O)Nc4cccc(C)c4C)ncnc3c2c1. The first-order valence-corrected chi connectivity index (χ1v) is 9.73. The molecular weight excluding hydrogens is 356 g/mol. The van der Waals surface area contributed by atoms with Crippen LogP contribution in [0.15, 0.2) is 47.8 Å². The van der Waals surface area contributed by atoms with Gasteiger partial charge in [0.1, 0.15) is 16.9 Å². The lowest BCUT2D eigenvalue weighted by molar-refractivity contribution is -0.113. The fourth-order valence-electron chi connectivity index (χ4n) is 3.10. The van der Waals surface area contributed by atoms with Crippen LogP contribution in [0.3, 0.4) is 0 Å². The van der Waals surface area contributed by atoms with Crippen LogP contribution in [0.1, 0.15) is 16.7 Å². The van der Waals surface area contributed by atoms with Crippen LogP contribution < -0.4 is 5.32 Å². The van der Waals surface area contributed by atoms with Crippen molar-refractivity contribution in [2.45, 2.75) is 25.8 Å². The summed E-state index contributed by atoms with van der Waals surface area (Å²) in [5, 5.41) is 4.85. The number of nitrogens with one attached hydrogen (secondary N) is 2. The number of benzene rings is 2. The van der Waals surface area contributed by atoms with Gasteiger partial charge in [-0.05, 0) is 50.1 Å². The second-order valence-corrected chi connectivity index (χ2v) is 7.62. The number of nitrogens with zero attached hydrogens (tertiary/aromatic N) is 2. The predicted octanol–water partition coefficient (Wildman–Crippen LogP) is 4.77. The smallest absolute Gasteiger partial charge is 0.234 e. The highest BCUT2D eigenvalue weighted by molar-refractivity contribution is 8.00. The van der Waals surface area contributed by atoms with Gasteiger partial charge in [-0.2, -0.15) is 0 Å². The second kappa shape index (κ2) is 7.04. The van der Waals surface area contributed by atoms with Gasteiger partial charge < -0.3 is 10.3 Å². The minimum atomic E-state index is -0.0487. The molecule has 0 aliphatic heterocycles. The third kappa shape index (κ3) is 3.40. The second-order valence-electron chi connectivity index (χ2n) is 6.66. The van der Waals surface area contributed by atoms with Crippen molar-refractivity contribution in [2.75, 3.05) is 11.1 Å². The van der Waals surface area contributed by atoms with Crippen molar-refractivity contribution in [3.8, 4) is 0 Å². The minimum absolute atomic E-state index is 0.0487. The number of hydrogen-bond acceptors (Lipinski definition) is 4. The number of carbonyl (C=O) groups is 1. The summed E-state index contributed by atoms with van der Waals surface area (Å²) in [6.45, 7) is 6.11. The molecule has 0 fully saturated rings. The molecule has 0 saturated carbocycles. The first-order valence-electron chi connectivity index (χ1n) is 8.75. The number of H-pyrrole nitrogens is 1. The molecule has 0 radical (unpaired) electrons. The molecule has 0 saturated heterocycles. The van der Waals surface area contributed by atoms with Crippen LogP contribution in [0.2, 0.25) is 0 Å². The Morgan fingerprint density at radius 3 is 2.85 bits per heavy atom. The van der Waals surface area contributed by atoms with Crippen LogP contribution in [0, 0.1) is 20.8 Å². The van der Waals surface area contributed by atoms with E-state index in [0.717, 1.165) is 43.8 Å². The molecule has 4 aromatic rings. The number of fused-ring (bicyclic) bond motifs is 3. The largest absolute Gasteiger partial charge is 0.351 e. The Hall–Kier alpha value is -2.86. The Kier molecular flexibility index (Phi) is 4.58. The number of aromatic amines is 1. The van der Waals surface area contributed by atoms with Crippen LogP contribution >= 0.6 is 11.8 Å². The van der Waals surface area contributed by atoms with Gasteiger partial charge in [0.15, 0.2) is 0 Å². The van der Waals surface area contributed by atoms with Gasteiger partial charge in [-0.15, -0.1) is 0 Å². The zero-order valence-electron chi connectivity index (χ0n) is 15.5. The summed E-state index contributed by atoms with van der Waals surface area (Å²) >= 11 is 1.41. The molecule has 0 spiro atoms. The van der Waals surface area contributed by atoms with E-state index < -0.39 is 0 Å². The van der Waals surface area contributed by atoms with E-state index in [0.29, 0.717) is 0 Å². The van der Waals surface area contributed by atoms with E-state index in [1.54, 1.807) is 6.33 Å². The molecule has 1 amide bonds. The Morgan fingerprint density at radius 2 is 2.00 bits per heavy atom. The van der Waals surface area contributed by atoms with Crippen molar-refractivity contribution in [3.63, 3.8) is 0 Å². The lowest BCUT2D eigenvalue weighted by atomic mass is 10.1. The van der Waals surface area contributed by atoms with E-state index in [1.165, 1.54) is 17.3 Å². The predicted molar refractivity (Wildman–Crippen MR) is 111 cm³/mol. The van der Waals surface area contributed by atoms with E-state index in [1.807, 2.05) is 38.1 Å². The molecule has 2 N–H and O–H groups in total. The summed E-state index contributed by atoms with van der Waals surface area (Å²) in [5.74, 6) is 0.237. The highest BCUT2D eigenvalue weighted by Crippen LogP contribution is 2.30. The quantitative estimate of drug-likeness (QED) is 0.398. The number of thioether (sulfide) groups is 1. The van der Waals surface area contributed by atoms with Gasteiger partial charge in [0.25, 0.3) is 0 Å². The van der Waals surface area contributed by atoms with Crippen LogP contribution in [0.4, 0.5) is 5.69 Å². The number of aryl methyl sites for hydroxylation is 2. The average molecular weight is 376 g/mol. The maximum Gasteiger partial charge on any atom is 0.234 e. The highest BCUT2D eigenvalue weighted by atomic mass is 32.2. The normalized spacial score (nSPS) is 11.2. The first-order chi connectivity index (χ1) is 13.0. The van der Waals surface area contributed by atoms with Crippen molar-refractivity contribution >= 4 is 45.3 Å². The Morgan fingerprint density at radius 1 is 1.15 bits per heavy atom. The van der Waals surface area contributed by atoms with Gasteiger partial charge in [0, 0.05) is 16.6 Å². The summed E-state index contributed by atoms with van der Waals surface area (Å²) in [6.07, 6.45) is 1.56. The van der Waals surface area contributed by atoms with Gasteiger partial charge in [0.2, 0.25) is 5.91 Å². The molecule has 0 aliphatic rings. The minimum Gasteiger partial charge on any atom is -0.351 e. The van der Waals surface area contributed by atoms with Crippen molar-refractivity contribution in [1.82, 2.24) is 15.0 Å². The van der Waals surface area contributed by atoms with Crippen molar-refractivity contribution in [1.29, 1.82) is 0 Å². The number of amides is 1. The molecule has 0 aliphatic carbocycles. The van der Waals surface area contributed by atoms with Crippen LogP contribution in [0.25, 0.3) is 21.9 Å². The molecule has 4 rings (SSSR count). The third-order valence-corrected chi connectivity index (χ3v) is 5.71. The highest BCUT2D eigenvalue weighted by Gasteiger charge is 2.13. The van der Waals surface area contributed by atoms with Crippen molar-refractivity contribution in [2.24, 2.45) is 0 Å². The summed E-state index contributed by atoms with van der Waals surface area (Å²) < 4.78 is 0. The van der Waals surface area contributed by atoms with Crippen LogP contribution in [-0.4, -0.2) is 26.6 Å². The molecule has 0 bridgehead atoms. The van der Waals surface area contributed by atoms with E-state index in [-0.39, 0.29) is 11.7 Å². The number of carbonyl (C=O) groups excluding carboxylic acids is 1. The average Bonchev–Trinajstić information content (AvgIpc) is 3.02. The fourth-order valence-corrected chi connectivity index (χ4v) is 3.85. The molecule has 136 valence electrons. The van der Waals surface area contributed by atoms with Gasteiger partial charge >= 0.3 is 0 Å². The van der Waals surface area contributed by atoms with Crippen molar-refractivity contribution < 1.29 is 4.79 Å². The Balaban J connectivity index is 1.56. The molecular formula is C21H20N4OS. The van der Waals surface area contributed by atoms with Crippen LogP contribution in [0.5, 0.6) is 0 Å². The zero-order chi connectivity index (χ0) is 19.0. The zero-order valence-corrected chi connectivity index (χ0v) is 16.3. The molecule has 0 unspecified atom stereocenters. The third-order valence-electron chi connectivity index (χ3n) is 4.72. The van der Waals surface area contributed by atoms with Crippen LogP contribution in [-0.2, 0) is 4.79 Å². The van der Waals surface area contributed by atoms with E-state index in [2.05, 4.69) is 39.3 Å². The maximum atomic E-state index is 12.4. The summed E-state index contributed by atoms with van der Waals surface area (Å²) in [6, 6.07) is 12.1. The molecule has 2 heterocycles. The Labute approximate surface area is 161 Å². The summed E-state index contributed by atoms with van der Waals surface area (Å²) in [5.41, 5.74) is 7.08. The summed E-state index contributed by atoms with van der Waals surface area (Å²) in [4.78, 5) is 24.6. The molecule has 27 heavy (non-hydrogen) atoms. The fraction of sp³-hybridized carbons (Fsp3) is 0.190. The monoisotopic (exact) mass is 376 g/mol. The van der Waals surface area contributed by atoms with Gasteiger partial charge in [-0.3, -0.25) is 4.79 Å². The Bertz CT molecular complexity index is 1170. The molecule has 2 aromatic carbocycles. The van der Waals surface area contributed by atoms with Gasteiger partial charge in [-0.1, -0.05) is 35.5 Å². The van der Waals surface area contributed by atoms with E-state index in [4.69, 9.17) is 0 Å². The topological polar surface area (TPSA) is 70.7 Å².